The highest BCUT2D eigenvalue weighted by molar-refractivity contribution is 6.42. The standard InChI is InChI=1S/C23H28Cl2N2O3/c1-15(2)13-26-23(29)16(3)27(14-17-5-8-19(30-4)9-6-17)22(28)12-18-7-10-20(24)21(25)11-18/h5-11,15-16H,12-14H2,1-4H3,(H,26,29)/t16-/m0/s1. The number of methoxy groups -OCH3 is 1. The van der Waals surface area contributed by atoms with Gasteiger partial charge in [0.15, 0.2) is 0 Å². The number of carbonyl (C=O) groups excluding carboxylic acids is 2. The number of carbonyl (C=O) groups is 2. The Hall–Kier alpha value is -2.24. The molecule has 0 aliphatic carbocycles. The first-order chi connectivity index (χ1) is 14.2. The lowest BCUT2D eigenvalue weighted by Crippen LogP contribution is -2.48. The van der Waals surface area contributed by atoms with Crippen LogP contribution in [0.15, 0.2) is 42.5 Å². The number of halogens is 2. The zero-order valence-electron chi connectivity index (χ0n) is 17.7. The molecule has 0 radical (unpaired) electrons. The Balaban J connectivity index is 2.22. The van der Waals surface area contributed by atoms with Gasteiger partial charge in [0.25, 0.3) is 0 Å². The number of ether oxygens (including phenoxy) is 1. The molecule has 0 heterocycles. The minimum Gasteiger partial charge on any atom is -0.497 e. The van der Waals surface area contributed by atoms with Gasteiger partial charge in [-0.25, -0.2) is 0 Å². The molecule has 162 valence electrons. The van der Waals surface area contributed by atoms with Crippen molar-refractivity contribution in [1.82, 2.24) is 10.2 Å². The lowest BCUT2D eigenvalue weighted by atomic mass is 10.1. The van der Waals surface area contributed by atoms with Crippen molar-refractivity contribution in [3.63, 3.8) is 0 Å². The molecule has 0 fully saturated rings. The van der Waals surface area contributed by atoms with E-state index in [1.807, 2.05) is 38.1 Å². The normalized spacial score (nSPS) is 11.8. The SMILES string of the molecule is COc1ccc(CN(C(=O)Cc2ccc(Cl)c(Cl)c2)[C@@H](C)C(=O)NCC(C)C)cc1. The van der Waals surface area contributed by atoms with Crippen LogP contribution in [-0.4, -0.2) is 36.4 Å². The van der Waals surface area contributed by atoms with Crippen molar-refractivity contribution in [3.8, 4) is 5.75 Å². The predicted octanol–water partition coefficient (Wildman–Crippen LogP) is 4.73. The van der Waals surface area contributed by atoms with E-state index >= 15 is 0 Å². The van der Waals surface area contributed by atoms with E-state index in [-0.39, 0.29) is 18.2 Å². The Bertz CT molecular complexity index is 869. The van der Waals surface area contributed by atoms with E-state index in [1.54, 1.807) is 37.1 Å². The van der Waals surface area contributed by atoms with Crippen molar-refractivity contribution in [3.05, 3.63) is 63.6 Å². The van der Waals surface area contributed by atoms with Crippen LogP contribution in [0.2, 0.25) is 10.0 Å². The molecule has 2 amide bonds. The quantitative estimate of drug-likeness (QED) is 0.600. The van der Waals surface area contributed by atoms with Crippen LogP contribution < -0.4 is 10.1 Å². The molecule has 1 N–H and O–H groups in total. The second-order valence-corrected chi connectivity index (χ2v) is 8.42. The minimum absolute atomic E-state index is 0.120. The van der Waals surface area contributed by atoms with E-state index < -0.39 is 6.04 Å². The molecule has 2 aromatic rings. The summed E-state index contributed by atoms with van der Waals surface area (Å²) in [6.07, 6.45) is 0.120. The summed E-state index contributed by atoms with van der Waals surface area (Å²) in [4.78, 5) is 27.4. The maximum absolute atomic E-state index is 13.2. The first-order valence-corrected chi connectivity index (χ1v) is 10.6. The molecule has 0 unspecified atom stereocenters. The van der Waals surface area contributed by atoms with Crippen LogP contribution in [0.5, 0.6) is 5.75 Å². The Morgan fingerprint density at radius 3 is 2.20 bits per heavy atom. The van der Waals surface area contributed by atoms with Gasteiger partial charge in [0.2, 0.25) is 11.8 Å². The zero-order chi connectivity index (χ0) is 22.3. The Morgan fingerprint density at radius 1 is 1.00 bits per heavy atom. The van der Waals surface area contributed by atoms with Crippen LogP contribution in [0.4, 0.5) is 0 Å². The Morgan fingerprint density at radius 2 is 1.63 bits per heavy atom. The van der Waals surface area contributed by atoms with E-state index in [2.05, 4.69) is 5.32 Å². The summed E-state index contributed by atoms with van der Waals surface area (Å²) >= 11 is 12.1. The number of hydrogen-bond acceptors (Lipinski definition) is 3. The molecule has 30 heavy (non-hydrogen) atoms. The second kappa shape index (κ2) is 11.2. The first-order valence-electron chi connectivity index (χ1n) is 9.85. The van der Waals surface area contributed by atoms with Crippen molar-refractivity contribution >= 4 is 35.0 Å². The number of rotatable bonds is 9. The van der Waals surface area contributed by atoms with Crippen LogP contribution in [0.3, 0.4) is 0 Å². The molecule has 2 aromatic carbocycles. The second-order valence-electron chi connectivity index (χ2n) is 7.61. The largest absolute Gasteiger partial charge is 0.497 e. The van der Waals surface area contributed by atoms with Gasteiger partial charge in [-0.1, -0.05) is 55.2 Å². The fourth-order valence-corrected chi connectivity index (χ4v) is 3.21. The van der Waals surface area contributed by atoms with Crippen LogP contribution in [0, 0.1) is 5.92 Å². The molecule has 1 atom stereocenters. The average molecular weight is 451 g/mol. The highest BCUT2D eigenvalue weighted by Crippen LogP contribution is 2.23. The first kappa shape index (κ1) is 24.0. The van der Waals surface area contributed by atoms with E-state index in [9.17, 15) is 9.59 Å². The van der Waals surface area contributed by atoms with Gasteiger partial charge in [0.05, 0.1) is 23.6 Å². The summed E-state index contributed by atoms with van der Waals surface area (Å²) in [5, 5.41) is 3.74. The fraction of sp³-hybridized carbons (Fsp3) is 0.391. The monoisotopic (exact) mass is 450 g/mol. The Labute approximate surface area is 188 Å². The van der Waals surface area contributed by atoms with Gasteiger partial charge in [-0.15, -0.1) is 0 Å². The fourth-order valence-electron chi connectivity index (χ4n) is 2.89. The van der Waals surface area contributed by atoms with Crippen molar-refractivity contribution < 1.29 is 14.3 Å². The summed E-state index contributed by atoms with van der Waals surface area (Å²) in [5.74, 6) is 0.703. The van der Waals surface area contributed by atoms with Crippen molar-refractivity contribution in [1.29, 1.82) is 0 Å². The third-order valence-corrected chi connectivity index (χ3v) is 5.44. The molecule has 0 aliphatic heterocycles. The summed E-state index contributed by atoms with van der Waals surface area (Å²) in [5.41, 5.74) is 1.64. The molecule has 2 rings (SSSR count). The highest BCUT2D eigenvalue weighted by Gasteiger charge is 2.26. The number of amides is 2. The maximum Gasteiger partial charge on any atom is 0.242 e. The average Bonchev–Trinajstić information content (AvgIpc) is 2.72. The minimum atomic E-state index is -0.624. The topological polar surface area (TPSA) is 58.6 Å². The number of benzene rings is 2. The molecule has 5 nitrogen and oxygen atoms in total. The van der Waals surface area contributed by atoms with Gasteiger partial charge in [-0.05, 0) is 48.2 Å². The van der Waals surface area contributed by atoms with Gasteiger partial charge in [0.1, 0.15) is 11.8 Å². The van der Waals surface area contributed by atoms with Gasteiger partial charge < -0.3 is 15.0 Å². The molecule has 0 saturated heterocycles. The number of nitrogens with zero attached hydrogens (tertiary/aromatic N) is 1. The smallest absolute Gasteiger partial charge is 0.242 e. The summed E-state index contributed by atoms with van der Waals surface area (Å²) < 4.78 is 5.19. The molecule has 0 spiro atoms. The van der Waals surface area contributed by atoms with Crippen LogP contribution in [0.25, 0.3) is 0 Å². The zero-order valence-corrected chi connectivity index (χ0v) is 19.3. The molecule has 0 saturated carbocycles. The number of nitrogens with one attached hydrogen (secondary N) is 1. The van der Waals surface area contributed by atoms with Crippen molar-refractivity contribution in [2.45, 2.75) is 39.8 Å². The maximum atomic E-state index is 13.2. The van der Waals surface area contributed by atoms with E-state index in [1.165, 1.54) is 0 Å². The van der Waals surface area contributed by atoms with Gasteiger partial charge in [-0.3, -0.25) is 9.59 Å². The van der Waals surface area contributed by atoms with E-state index in [0.29, 0.717) is 29.1 Å². The van der Waals surface area contributed by atoms with Gasteiger partial charge in [0, 0.05) is 13.1 Å². The summed E-state index contributed by atoms with van der Waals surface area (Å²) in [6.45, 7) is 6.65. The van der Waals surface area contributed by atoms with Crippen LogP contribution in [-0.2, 0) is 22.6 Å². The van der Waals surface area contributed by atoms with E-state index in [0.717, 1.165) is 16.9 Å². The highest BCUT2D eigenvalue weighted by atomic mass is 35.5. The molecular weight excluding hydrogens is 423 g/mol. The molecule has 7 heteroatoms. The van der Waals surface area contributed by atoms with Gasteiger partial charge >= 0.3 is 0 Å². The molecule has 0 aromatic heterocycles. The van der Waals surface area contributed by atoms with Crippen LogP contribution in [0.1, 0.15) is 31.9 Å². The summed E-state index contributed by atoms with van der Waals surface area (Å²) in [6, 6.07) is 11.9. The predicted molar refractivity (Wildman–Crippen MR) is 121 cm³/mol. The van der Waals surface area contributed by atoms with E-state index in [4.69, 9.17) is 27.9 Å². The molecule has 0 aliphatic rings. The third kappa shape index (κ3) is 6.92. The molecular formula is C23H28Cl2N2O3. The van der Waals surface area contributed by atoms with Crippen LogP contribution >= 0.6 is 23.2 Å². The number of hydrogen-bond donors (Lipinski definition) is 1. The lowest BCUT2D eigenvalue weighted by Gasteiger charge is -2.29. The van der Waals surface area contributed by atoms with Gasteiger partial charge in [-0.2, -0.15) is 0 Å². The molecule has 0 bridgehead atoms. The summed E-state index contributed by atoms with van der Waals surface area (Å²) in [7, 11) is 1.60. The third-order valence-electron chi connectivity index (χ3n) is 4.70. The van der Waals surface area contributed by atoms with Crippen molar-refractivity contribution in [2.75, 3.05) is 13.7 Å². The lowest BCUT2D eigenvalue weighted by molar-refractivity contribution is -0.140. The van der Waals surface area contributed by atoms with Crippen molar-refractivity contribution in [2.24, 2.45) is 5.92 Å². The Kier molecular flexibility index (Phi) is 9.00.